The molecule has 1 aliphatic rings. The van der Waals surface area contributed by atoms with E-state index in [0.29, 0.717) is 12.5 Å². The molecule has 0 spiro atoms. The van der Waals surface area contributed by atoms with Crippen LogP contribution < -0.4 is 5.32 Å². The molecule has 21 heavy (non-hydrogen) atoms. The Morgan fingerprint density at radius 3 is 2.81 bits per heavy atom. The zero-order chi connectivity index (χ0) is 15.4. The predicted octanol–water partition coefficient (Wildman–Crippen LogP) is 2.42. The lowest BCUT2D eigenvalue weighted by molar-refractivity contribution is -0.128. The van der Waals surface area contributed by atoms with Gasteiger partial charge in [-0.3, -0.25) is 9.69 Å². The van der Waals surface area contributed by atoms with E-state index in [0.717, 1.165) is 42.9 Å². The van der Waals surface area contributed by atoms with Crippen LogP contribution in [-0.2, 0) is 11.3 Å². The molecule has 1 saturated heterocycles. The second-order valence-electron chi connectivity index (χ2n) is 6.42. The highest BCUT2D eigenvalue weighted by Gasteiger charge is 2.28. The van der Waals surface area contributed by atoms with Gasteiger partial charge in [0.2, 0.25) is 5.91 Å². The molecule has 1 aromatic rings. The van der Waals surface area contributed by atoms with Gasteiger partial charge in [0.15, 0.2) is 0 Å². The third-order valence-electron chi connectivity index (χ3n) is 4.14. The molecule has 1 N–H and O–H groups in total. The highest BCUT2D eigenvalue weighted by Crippen LogP contribution is 2.19. The number of carbonyl (C=O) groups excluding carboxylic acids is 1. The summed E-state index contributed by atoms with van der Waals surface area (Å²) >= 11 is 0. The molecule has 0 radical (unpaired) electrons. The maximum Gasteiger partial charge on any atom is 0.237 e. The third kappa shape index (κ3) is 4.06. The Morgan fingerprint density at radius 1 is 1.43 bits per heavy atom. The minimum atomic E-state index is 0.0154. The number of amides is 1. The fourth-order valence-corrected chi connectivity index (χ4v) is 3.02. The number of piperidine rings is 1. The second-order valence-corrected chi connectivity index (χ2v) is 6.42. The van der Waals surface area contributed by atoms with Crippen LogP contribution in [0.4, 0.5) is 0 Å². The van der Waals surface area contributed by atoms with Gasteiger partial charge in [-0.25, -0.2) is 0 Å². The van der Waals surface area contributed by atoms with Crippen molar-refractivity contribution in [3.05, 3.63) is 17.0 Å². The summed E-state index contributed by atoms with van der Waals surface area (Å²) in [6.45, 7) is 10.7. The van der Waals surface area contributed by atoms with Gasteiger partial charge in [0.05, 0.1) is 11.7 Å². The Labute approximate surface area is 127 Å². The van der Waals surface area contributed by atoms with Crippen LogP contribution in [0.5, 0.6) is 0 Å². The third-order valence-corrected chi connectivity index (χ3v) is 4.14. The molecule has 0 unspecified atom stereocenters. The first-order valence-corrected chi connectivity index (χ1v) is 7.92. The number of hydrogen-bond donors (Lipinski definition) is 1. The topological polar surface area (TPSA) is 58.4 Å². The number of aryl methyl sites for hydroxylation is 2. The van der Waals surface area contributed by atoms with E-state index in [1.165, 1.54) is 6.42 Å². The summed E-state index contributed by atoms with van der Waals surface area (Å²) in [5.74, 6) is 1.51. The molecule has 1 aliphatic heterocycles. The summed E-state index contributed by atoms with van der Waals surface area (Å²) in [5.41, 5.74) is 1.85. The minimum absolute atomic E-state index is 0.0154. The molecular formula is C16H27N3O2. The van der Waals surface area contributed by atoms with Crippen molar-refractivity contribution in [1.29, 1.82) is 0 Å². The number of aromatic nitrogens is 1. The van der Waals surface area contributed by atoms with Crippen LogP contribution in [0.3, 0.4) is 0 Å². The smallest absolute Gasteiger partial charge is 0.237 e. The molecular weight excluding hydrogens is 266 g/mol. The van der Waals surface area contributed by atoms with E-state index < -0.39 is 0 Å². The number of nitrogens with zero attached hydrogens (tertiary/aromatic N) is 2. The van der Waals surface area contributed by atoms with Crippen LogP contribution >= 0.6 is 0 Å². The normalized spacial score (nSPS) is 20.0. The summed E-state index contributed by atoms with van der Waals surface area (Å²) in [5, 5.41) is 6.98. The molecule has 5 nitrogen and oxygen atoms in total. The monoisotopic (exact) mass is 293 g/mol. The van der Waals surface area contributed by atoms with Gasteiger partial charge in [-0.2, -0.15) is 0 Å². The van der Waals surface area contributed by atoms with Crippen LogP contribution in [0, 0.1) is 19.8 Å². The molecule has 1 atom stereocenters. The number of nitrogens with one attached hydrogen (secondary N) is 1. The Hall–Kier alpha value is -1.36. The standard InChI is InChI=1S/C16H27N3O2/c1-11(2)10-19-8-6-5-7-15(19)16(20)17-9-14-12(3)18-21-13(14)4/h11,15H,5-10H2,1-4H3,(H,17,20)/t15-/m1/s1. The lowest BCUT2D eigenvalue weighted by Gasteiger charge is -2.35. The number of carbonyl (C=O) groups is 1. The Morgan fingerprint density at radius 2 is 2.19 bits per heavy atom. The zero-order valence-corrected chi connectivity index (χ0v) is 13.6. The van der Waals surface area contributed by atoms with E-state index in [4.69, 9.17) is 4.52 Å². The Kier molecular flexibility index (Phi) is 5.39. The summed E-state index contributed by atoms with van der Waals surface area (Å²) in [6, 6.07) is 0.0154. The van der Waals surface area contributed by atoms with Crippen LogP contribution in [0.25, 0.3) is 0 Å². The first-order valence-electron chi connectivity index (χ1n) is 7.92. The first-order chi connectivity index (χ1) is 9.99. The quantitative estimate of drug-likeness (QED) is 0.906. The van der Waals surface area contributed by atoms with E-state index in [-0.39, 0.29) is 11.9 Å². The summed E-state index contributed by atoms with van der Waals surface area (Å²) < 4.78 is 5.14. The molecule has 5 heteroatoms. The lowest BCUT2D eigenvalue weighted by atomic mass is 9.99. The zero-order valence-electron chi connectivity index (χ0n) is 13.6. The highest BCUT2D eigenvalue weighted by atomic mass is 16.5. The van der Waals surface area contributed by atoms with E-state index in [1.807, 2.05) is 13.8 Å². The van der Waals surface area contributed by atoms with Crippen molar-refractivity contribution in [2.75, 3.05) is 13.1 Å². The molecule has 0 aromatic carbocycles. The van der Waals surface area contributed by atoms with Crippen molar-refractivity contribution in [2.24, 2.45) is 5.92 Å². The van der Waals surface area contributed by atoms with E-state index in [1.54, 1.807) is 0 Å². The molecule has 0 aliphatic carbocycles. The molecule has 2 rings (SSSR count). The Bertz CT molecular complexity index is 462. The maximum absolute atomic E-state index is 12.5. The van der Waals surface area contributed by atoms with Gasteiger partial charge < -0.3 is 9.84 Å². The predicted molar refractivity (Wildman–Crippen MR) is 81.9 cm³/mol. The largest absolute Gasteiger partial charge is 0.361 e. The van der Waals surface area contributed by atoms with Crippen LogP contribution in [-0.4, -0.2) is 35.1 Å². The van der Waals surface area contributed by atoms with Gasteiger partial charge in [-0.05, 0) is 39.2 Å². The average Bonchev–Trinajstić information content (AvgIpc) is 2.75. The van der Waals surface area contributed by atoms with Crippen molar-refractivity contribution in [3.8, 4) is 0 Å². The molecule has 1 amide bonds. The van der Waals surface area contributed by atoms with Gasteiger partial charge >= 0.3 is 0 Å². The fraction of sp³-hybridized carbons (Fsp3) is 0.750. The van der Waals surface area contributed by atoms with Crippen LogP contribution in [0.1, 0.15) is 50.1 Å². The SMILES string of the molecule is Cc1noc(C)c1CNC(=O)[C@H]1CCCCN1CC(C)C. The number of likely N-dealkylation sites (tertiary alicyclic amines) is 1. The van der Waals surface area contributed by atoms with Gasteiger partial charge in [0.1, 0.15) is 5.76 Å². The van der Waals surface area contributed by atoms with Gasteiger partial charge in [-0.1, -0.05) is 25.4 Å². The molecule has 1 aromatic heterocycles. The molecule has 118 valence electrons. The average molecular weight is 293 g/mol. The maximum atomic E-state index is 12.5. The summed E-state index contributed by atoms with van der Waals surface area (Å²) in [4.78, 5) is 14.8. The minimum Gasteiger partial charge on any atom is -0.361 e. The van der Waals surface area contributed by atoms with Gasteiger partial charge in [-0.15, -0.1) is 0 Å². The van der Waals surface area contributed by atoms with Crippen molar-refractivity contribution in [2.45, 2.75) is 59.5 Å². The van der Waals surface area contributed by atoms with Crippen molar-refractivity contribution in [3.63, 3.8) is 0 Å². The fourth-order valence-electron chi connectivity index (χ4n) is 3.02. The molecule has 2 heterocycles. The Balaban J connectivity index is 1.94. The number of hydrogen-bond acceptors (Lipinski definition) is 4. The first kappa shape index (κ1) is 16.0. The van der Waals surface area contributed by atoms with E-state index in [2.05, 4.69) is 29.2 Å². The highest BCUT2D eigenvalue weighted by molar-refractivity contribution is 5.81. The van der Waals surface area contributed by atoms with Crippen LogP contribution in [0.15, 0.2) is 4.52 Å². The lowest BCUT2D eigenvalue weighted by Crippen LogP contribution is -2.50. The van der Waals surface area contributed by atoms with Gasteiger partial charge in [0, 0.05) is 18.7 Å². The molecule has 0 saturated carbocycles. The van der Waals surface area contributed by atoms with Crippen molar-refractivity contribution < 1.29 is 9.32 Å². The second kappa shape index (κ2) is 7.07. The van der Waals surface area contributed by atoms with Crippen LogP contribution in [0.2, 0.25) is 0 Å². The van der Waals surface area contributed by atoms with Crippen molar-refractivity contribution in [1.82, 2.24) is 15.4 Å². The van der Waals surface area contributed by atoms with Crippen molar-refractivity contribution >= 4 is 5.91 Å². The molecule has 0 bridgehead atoms. The number of rotatable bonds is 5. The summed E-state index contributed by atoms with van der Waals surface area (Å²) in [7, 11) is 0. The summed E-state index contributed by atoms with van der Waals surface area (Å²) in [6.07, 6.45) is 3.29. The van der Waals surface area contributed by atoms with E-state index in [9.17, 15) is 4.79 Å². The molecule has 1 fully saturated rings. The van der Waals surface area contributed by atoms with Gasteiger partial charge in [0.25, 0.3) is 0 Å². The van der Waals surface area contributed by atoms with E-state index >= 15 is 0 Å².